The molecule has 0 aliphatic carbocycles. The van der Waals surface area contributed by atoms with Crippen LogP contribution in [-0.4, -0.2) is 5.91 Å². The Morgan fingerprint density at radius 2 is 2.08 bits per heavy atom. The number of benzene rings is 1. The number of rotatable bonds is 2. The highest BCUT2D eigenvalue weighted by molar-refractivity contribution is 5.95. The third-order valence-corrected chi connectivity index (χ3v) is 1.58. The van der Waals surface area contributed by atoms with Crippen LogP contribution in [-0.2, 0) is 0 Å². The van der Waals surface area contributed by atoms with Gasteiger partial charge in [0, 0.05) is 5.56 Å². The molecule has 0 heterocycles. The Balaban J connectivity index is 2.87. The second kappa shape index (κ2) is 4.07. The number of amides is 1. The van der Waals surface area contributed by atoms with Crippen LogP contribution in [0.15, 0.2) is 30.8 Å². The maximum Gasteiger partial charge on any atom is 0.264 e. The summed E-state index contributed by atoms with van der Waals surface area (Å²) in [5.74, 6) is -0.391. The maximum absolute atomic E-state index is 11.1. The number of nitriles is 1. The molecule has 1 N–H and O–H groups in total. The molecule has 0 spiro atoms. The Kier molecular flexibility index (Phi) is 2.82. The van der Waals surface area contributed by atoms with Gasteiger partial charge >= 0.3 is 0 Å². The average Bonchev–Trinajstić information content (AvgIpc) is 2.18. The van der Waals surface area contributed by atoms with E-state index in [1.165, 1.54) is 0 Å². The zero-order chi connectivity index (χ0) is 9.68. The predicted molar refractivity (Wildman–Crippen MR) is 49.6 cm³/mol. The molecule has 0 fully saturated rings. The van der Waals surface area contributed by atoms with Crippen molar-refractivity contribution in [1.82, 2.24) is 5.32 Å². The molecule has 3 heteroatoms. The summed E-state index contributed by atoms with van der Waals surface area (Å²) < 4.78 is 0. The van der Waals surface area contributed by atoms with Crippen LogP contribution in [0.2, 0.25) is 0 Å². The Morgan fingerprint density at radius 1 is 1.46 bits per heavy atom. The highest BCUT2D eigenvalue weighted by Gasteiger charge is 2.02. The first kappa shape index (κ1) is 9.01. The highest BCUT2D eigenvalue weighted by Crippen LogP contribution is 2.04. The average molecular weight is 172 g/mol. The lowest BCUT2D eigenvalue weighted by molar-refractivity contribution is 0.0973. The summed E-state index contributed by atoms with van der Waals surface area (Å²) in [6, 6.07) is 6.81. The molecule has 1 amide bonds. The van der Waals surface area contributed by atoms with Crippen molar-refractivity contribution < 1.29 is 4.79 Å². The monoisotopic (exact) mass is 172 g/mol. The summed E-state index contributed by atoms with van der Waals surface area (Å²) >= 11 is 0. The molecule has 1 aromatic rings. The molecule has 0 saturated heterocycles. The fourth-order valence-electron chi connectivity index (χ4n) is 0.894. The van der Waals surface area contributed by atoms with Crippen molar-refractivity contribution in [2.75, 3.05) is 0 Å². The van der Waals surface area contributed by atoms with Crippen LogP contribution in [0, 0.1) is 11.5 Å². The smallest absolute Gasteiger partial charge is 0.264 e. The van der Waals surface area contributed by atoms with Gasteiger partial charge in [-0.3, -0.25) is 10.1 Å². The Labute approximate surface area is 76.3 Å². The maximum atomic E-state index is 11.1. The van der Waals surface area contributed by atoms with Crippen LogP contribution < -0.4 is 5.32 Å². The molecule has 0 aromatic heterocycles. The minimum absolute atomic E-state index is 0.391. The minimum atomic E-state index is -0.391. The predicted octanol–water partition coefficient (Wildman–Crippen LogP) is 1.54. The van der Waals surface area contributed by atoms with Gasteiger partial charge in [-0.2, -0.15) is 5.26 Å². The molecule has 64 valence electrons. The Hall–Kier alpha value is -2.08. The number of nitrogens with zero attached hydrogens (tertiary/aromatic N) is 1. The summed E-state index contributed by atoms with van der Waals surface area (Å²) in [5.41, 5.74) is 1.40. The molecule has 0 radical (unpaired) electrons. The molecular weight excluding hydrogens is 164 g/mol. The van der Waals surface area contributed by atoms with E-state index in [4.69, 9.17) is 5.26 Å². The molecule has 0 aliphatic rings. The van der Waals surface area contributed by atoms with Crippen LogP contribution in [0.5, 0.6) is 0 Å². The van der Waals surface area contributed by atoms with Gasteiger partial charge in [-0.1, -0.05) is 24.8 Å². The number of nitrogens with one attached hydrogen (secondary N) is 1. The van der Waals surface area contributed by atoms with E-state index >= 15 is 0 Å². The normalized spacial score (nSPS) is 8.54. The summed E-state index contributed by atoms with van der Waals surface area (Å²) in [4.78, 5) is 11.1. The van der Waals surface area contributed by atoms with Gasteiger partial charge in [0.05, 0.1) is 0 Å². The van der Waals surface area contributed by atoms with E-state index in [1.807, 2.05) is 5.32 Å². The third kappa shape index (κ3) is 2.17. The largest absolute Gasteiger partial charge is 0.268 e. The lowest BCUT2D eigenvalue weighted by Gasteiger charge is -1.97. The van der Waals surface area contributed by atoms with Gasteiger partial charge in [-0.15, -0.1) is 0 Å². The molecule has 1 aromatic carbocycles. The number of carbonyl (C=O) groups is 1. The molecule has 3 nitrogen and oxygen atoms in total. The van der Waals surface area contributed by atoms with Crippen molar-refractivity contribution in [1.29, 1.82) is 5.26 Å². The quantitative estimate of drug-likeness (QED) is 0.543. The topological polar surface area (TPSA) is 52.9 Å². The van der Waals surface area contributed by atoms with Crippen LogP contribution in [0.25, 0.3) is 6.08 Å². The molecular formula is C10H8N2O. The number of hydrogen-bond donors (Lipinski definition) is 1. The van der Waals surface area contributed by atoms with Crippen molar-refractivity contribution in [3.63, 3.8) is 0 Å². The van der Waals surface area contributed by atoms with Gasteiger partial charge in [0.1, 0.15) is 0 Å². The molecule has 0 bridgehead atoms. The van der Waals surface area contributed by atoms with E-state index in [1.54, 1.807) is 36.5 Å². The van der Waals surface area contributed by atoms with Gasteiger partial charge < -0.3 is 0 Å². The number of hydrogen-bond acceptors (Lipinski definition) is 2. The lowest BCUT2D eigenvalue weighted by atomic mass is 10.1. The van der Waals surface area contributed by atoms with E-state index in [9.17, 15) is 4.79 Å². The minimum Gasteiger partial charge on any atom is -0.268 e. The van der Waals surface area contributed by atoms with E-state index in [0.29, 0.717) is 5.56 Å². The SMILES string of the molecule is C=Cc1ccc(C(=O)NC#N)cc1. The highest BCUT2D eigenvalue weighted by atomic mass is 16.1. The summed E-state index contributed by atoms with van der Waals surface area (Å²) in [7, 11) is 0. The standard InChI is InChI=1S/C10H8N2O/c1-2-8-3-5-9(6-4-8)10(13)12-7-11/h2-6H,1H2,(H,12,13). The van der Waals surface area contributed by atoms with Crippen molar-refractivity contribution >= 4 is 12.0 Å². The fourth-order valence-corrected chi connectivity index (χ4v) is 0.894. The lowest BCUT2D eigenvalue weighted by Crippen LogP contribution is -2.16. The fraction of sp³-hybridized carbons (Fsp3) is 0. The Bertz CT molecular complexity index is 360. The van der Waals surface area contributed by atoms with Gasteiger partial charge in [0.25, 0.3) is 5.91 Å². The summed E-state index contributed by atoms with van der Waals surface area (Å²) in [6.07, 6.45) is 3.26. The van der Waals surface area contributed by atoms with Crippen molar-refractivity contribution in [3.8, 4) is 6.19 Å². The summed E-state index contributed by atoms with van der Waals surface area (Å²) in [6.45, 7) is 3.59. The zero-order valence-electron chi connectivity index (χ0n) is 6.95. The molecule has 0 aliphatic heterocycles. The van der Waals surface area contributed by atoms with Gasteiger partial charge in [0.15, 0.2) is 6.19 Å². The molecule has 0 unspecified atom stereocenters. The third-order valence-electron chi connectivity index (χ3n) is 1.58. The van der Waals surface area contributed by atoms with Crippen molar-refractivity contribution in [3.05, 3.63) is 42.0 Å². The van der Waals surface area contributed by atoms with E-state index in [-0.39, 0.29) is 0 Å². The molecule has 0 saturated carbocycles. The van der Waals surface area contributed by atoms with Crippen LogP contribution in [0.1, 0.15) is 15.9 Å². The zero-order valence-corrected chi connectivity index (χ0v) is 6.95. The van der Waals surface area contributed by atoms with Crippen LogP contribution >= 0.6 is 0 Å². The second-order valence-corrected chi connectivity index (χ2v) is 2.39. The van der Waals surface area contributed by atoms with Crippen molar-refractivity contribution in [2.45, 2.75) is 0 Å². The van der Waals surface area contributed by atoms with Gasteiger partial charge in [-0.05, 0) is 17.7 Å². The molecule has 0 atom stereocenters. The first-order valence-corrected chi connectivity index (χ1v) is 3.70. The first-order valence-electron chi connectivity index (χ1n) is 3.70. The molecule has 1 rings (SSSR count). The molecule has 13 heavy (non-hydrogen) atoms. The van der Waals surface area contributed by atoms with Gasteiger partial charge in [0.2, 0.25) is 0 Å². The van der Waals surface area contributed by atoms with Gasteiger partial charge in [-0.25, -0.2) is 0 Å². The number of carbonyl (C=O) groups excluding carboxylic acids is 1. The van der Waals surface area contributed by atoms with E-state index < -0.39 is 5.91 Å². The van der Waals surface area contributed by atoms with Crippen LogP contribution in [0.3, 0.4) is 0 Å². The summed E-state index contributed by atoms with van der Waals surface area (Å²) in [5, 5.41) is 10.2. The van der Waals surface area contributed by atoms with Crippen LogP contribution in [0.4, 0.5) is 0 Å². The Morgan fingerprint density at radius 3 is 2.54 bits per heavy atom. The second-order valence-electron chi connectivity index (χ2n) is 2.39. The van der Waals surface area contributed by atoms with E-state index in [2.05, 4.69) is 6.58 Å². The van der Waals surface area contributed by atoms with Crippen molar-refractivity contribution in [2.24, 2.45) is 0 Å². The first-order chi connectivity index (χ1) is 6.27. The van der Waals surface area contributed by atoms with E-state index in [0.717, 1.165) is 5.56 Å².